The molecule has 0 saturated carbocycles. The number of ether oxygens (including phenoxy) is 3. The van der Waals surface area contributed by atoms with Gasteiger partial charge in [-0.3, -0.25) is 0 Å². The van der Waals surface area contributed by atoms with E-state index < -0.39 is 5.97 Å². The third kappa shape index (κ3) is 9.02. The predicted octanol–water partition coefficient (Wildman–Crippen LogP) is 4.76. The van der Waals surface area contributed by atoms with E-state index in [4.69, 9.17) is 19.9 Å². The molecule has 2 rings (SSSR count). The van der Waals surface area contributed by atoms with Crippen molar-refractivity contribution in [3.63, 3.8) is 0 Å². The third-order valence-corrected chi connectivity index (χ3v) is 5.20. The SMILES string of the molecule is CCOc1cc(C=NN=C(N)SCc2ccccc2)c(Br)cc1OCC(=O)OC(C)C. The van der Waals surface area contributed by atoms with Crippen LogP contribution in [0, 0.1) is 0 Å². The van der Waals surface area contributed by atoms with E-state index in [1.807, 2.05) is 37.3 Å². The molecule has 2 N–H and O–H groups in total. The Kier molecular flexibility index (Phi) is 10.4. The van der Waals surface area contributed by atoms with E-state index in [2.05, 4.69) is 26.1 Å². The Morgan fingerprint density at radius 2 is 1.90 bits per heavy atom. The van der Waals surface area contributed by atoms with Gasteiger partial charge in [0.2, 0.25) is 0 Å². The largest absolute Gasteiger partial charge is 0.490 e. The highest BCUT2D eigenvalue weighted by Gasteiger charge is 2.13. The number of amidine groups is 1. The Balaban J connectivity index is 2.04. The summed E-state index contributed by atoms with van der Waals surface area (Å²) in [4.78, 5) is 11.7. The van der Waals surface area contributed by atoms with Gasteiger partial charge in [-0.05, 0) is 54.4 Å². The first-order chi connectivity index (χ1) is 14.9. The van der Waals surface area contributed by atoms with Gasteiger partial charge in [0.25, 0.3) is 0 Å². The first-order valence-electron chi connectivity index (χ1n) is 9.70. The molecule has 166 valence electrons. The number of esters is 1. The number of hydrogen-bond acceptors (Lipinski definition) is 7. The number of carbonyl (C=O) groups excluding carboxylic acids is 1. The fourth-order valence-corrected chi connectivity index (χ4v) is 3.41. The van der Waals surface area contributed by atoms with Gasteiger partial charge in [0.1, 0.15) is 0 Å². The summed E-state index contributed by atoms with van der Waals surface area (Å²) in [5.41, 5.74) is 7.81. The molecule has 0 saturated heterocycles. The summed E-state index contributed by atoms with van der Waals surface area (Å²) in [6.07, 6.45) is 1.37. The van der Waals surface area contributed by atoms with E-state index in [1.165, 1.54) is 11.8 Å². The molecule has 0 fully saturated rings. The van der Waals surface area contributed by atoms with Crippen LogP contribution >= 0.6 is 27.7 Å². The van der Waals surface area contributed by atoms with Crippen molar-refractivity contribution in [3.8, 4) is 11.5 Å². The van der Waals surface area contributed by atoms with Crippen LogP contribution in [0.5, 0.6) is 11.5 Å². The summed E-state index contributed by atoms with van der Waals surface area (Å²) in [7, 11) is 0. The van der Waals surface area contributed by atoms with Crippen LogP contribution in [0.3, 0.4) is 0 Å². The van der Waals surface area contributed by atoms with E-state index in [9.17, 15) is 4.79 Å². The number of halogens is 1. The summed E-state index contributed by atoms with van der Waals surface area (Å²) in [5, 5.41) is 8.47. The van der Waals surface area contributed by atoms with E-state index >= 15 is 0 Å². The molecule has 0 aliphatic rings. The standard InChI is InChI=1S/C22H26BrN3O4S/c1-4-28-19-10-17(18(23)11-20(19)29-13-21(27)30-15(2)3)12-25-26-22(24)31-14-16-8-6-5-7-9-16/h5-12,15H,4,13-14H2,1-3H3,(H2,24,26). The number of nitrogens with two attached hydrogens (primary N) is 1. The molecule has 9 heteroatoms. The van der Waals surface area contributed by atoms with Gasteiger partial charge in [-0.15, -0.1) is 5.10 Å². The summed E-state index contributed by atoms with van der Waals surface area (Å²) in [5.74, 6) is 1.18. The van der Waals surface area contributed by atoms with Crippen LogP contribution in [-0.4, -0.2) is 36.7 Å². The van der Waals surface area contributed by atoms with Crippen molar-refractivity contribution in [2.45, 2.75) is 32.6 Å². The average Bonchev–Trinajstić information content (AvgIpc) is 2.73. The average molecular weight is 508 g/mol. The second-order valence-corrected chi connectivity index (χ2v) is 8.39. The Bertz CT molecular complexity index is 920. The molecule has 0 bridgehead atoms. The Morgan fingerprint density at radius 1 is 1.19 bits per heavy atom. The molecule has 31 heavy (non-hydrogen) atoms. The molecular formula is C22H26BrN3O4S. The normalized spacial score (nSPS) is 11.7. The zero-order valence-corrected chi connectivity index (χ0v) is 20.1. The van der Waals surface area contributed by atoms with Crippen molar-refractivity contribution in [2.75, 3.05) is 13.2 Å². The zero-order chi connectivity index (χ0) is 22.6. The minimum atomic E-state index is -0.447. The lowest BCUT2D eigenvalue weighted by Gasteiger charge is -2.14. The highest BCUT2D eigenvalue weighted by Crippen LogP contribution is 2.33. The van der Waals surface area contributed by atoms with Crippen LogP contribution in [0.1, 0.15) is 31.9 Å². The lowest BCUT2D eigenvalue weighted by Crippen LogP contribution is -2.19. The summed E-state index contributed by atoms with van der Waals surface area (Å²) < 4.78 is 17.0. The zero-order valence-electron chi connectivity index (χ0n) is 17.7. The highest BCUT2D eigenvalue weighted by molar-refractivity contribution is 9.10. The van der Waals surface area contributed by atoms with E-state index in [-0.39, 0.29) is 12.7 Å². The lowest BCUT2D eigenvalue weighted by atomic mass is 10.2. The van der Waals surface area contributed by atoms with Crippen molar-refractivity contribution in [3.05, 3.63) is 58.1 Å². The van der Waals surface area contributed by atoms with Gasteiger partial charge in [0.05, 0.1) is 18.9 Å². The molecule has 0 aliphatic heterocycles. The number of hydrogen-bond donors (Lipinski definition) is 1. The van der Waals surface area contributed by atoms with Crippen LogP contribution in [0.4, 0.5) is 0 Å². The first-order valence-corrected chi connectivity index (χ1v) is 11.5. The fraction of sp³-hybridized carbons (Fsp3) is 0.318. The smallest absolute Gasteiger partial charge is 0.344 e. The number of nitrogens with zero attached hydrogens (tertiary/aromatic N) is 2. The number of benzene rings is 2. The van der Waals surface area contributed by atoms with Crippen molar-refractivity contribution in [2.24, 2.45) is 15.9 Å². The highest BCUT2D eigenvalue weighted by atomic mass is 79.9. The molecule has 7 nitrogen and oxygen atoms in total. The molecule has 0 radical (unpaired) electrons. The molecule has 2 aromatic carbocycles. The number of carbonyl (C=O) groups is 1. The van der Waals surface area contributed by atoms with Crippen molar-refractivity contribution in [1.29, 1.82) is 0 Å². The second kappa shape index (κ2) is 13.0. The molecule has 0 amide bonds. The lowest BCUT2D eigenvalue weighted by molar-refractivity contribution is -0.149. The van der Waals surface area contributed by atoms with Gasteiger partial charge in [0, 0.05) is 15.8 Å². The van der Waals surface area contributed by atoms with Crippen LogP contribution in [0.25, 0.3) is 0 Å². The quantitative estimate of drug-likeness (QED) is 0.215. The molecule has 2 aromatic rings. The van der Waals surface area contributed by atoms with E-state index in [0.29, 0.717) is 27.7 Å². The van der Waals surface area contributed by atoms with Crippen molar-refractivity contribution < 1.29 is 19.0 Å². The summed E-state index contributed by atoms with van der Waals surface area (Å²) >= 11 is 4.89. The number of thioether (sulfide) groups is 1. The van der Waals surface area contributed by atoms with Crippen molar-refractivity contribution in [1.82, 2.24) is 0 Å². The Morgan fingerprint density at radius 3 is 2.58 bits per heavy atom. The first kappa shape index (κ1) is 24.7. The van der Waals surface area contributed by atoms with Crippen LogP contribution in [0.2, 0.25) is 0 Å². The predicted molar refractivity (Wildman–Crippen MR) is 129 cm³/mol. The topological polar surface area (TPSA) is 95.5 Å². The molecule has 0 unspecified atom stereocenters. The Labute approximate surface area is 195 Å². The van der Waals surface area contributed by atoms with Crippen LogP contribution < -0.4 is 15.2 Å². The maximum Gasteiger partial charge on any atom is 0.344 e. The van der Waals surface area contributed by atoms with Gasteiger partial charge in [-0.2, -0.15) is 5.10 Å². The van der Waals surface area contributed by atoms with E-state index in [1.54, 1.807) is 32.2 Å². The van der Waals surface area contributed by atoms with Crippen LogP contribution in [-0.2, 0) is 15.3 Å². The summed E-state index contributed by atoms with van der Waals surface area (Å²) in [6.45, 7) is 5.65. The van der Waals surface area contributed by atoms with Gasteiger partial charge >= 0.3 is 5.97 Å². The third-order valence-electron chi connectivity index (χ3n) is 3.66. The molecular weight excluding hydrogens is 482 g/mol. The maximum absolute atomic E-state index is 11.7. The van der Waals surface area contributed by atoms with Crippen molar-refractivity contribution >= 4 is 45.0 Å². The molecule has 0 heterocycles. The van der Waals surface area contributed by atoms with Gasteiger partial charge < -0.3 is 19.9 Å². The number of rotatable bonds is 10. The maximum atomic E-state index is 11.7. The molecule has 0 spiro atoms. The minimum absolute atomic E-state index is 0.202. The Hall–Kier alpha value is -2.52. The molecule has 0 aromatic heterocycles. The molecule has 0 atom stereocenters. The molecule has 0 aliphatic carbocycles. The minimum Gasteiger partial charge on any atom is -0.490 e. The monoisotopic (exact) mass is 507 g/mol. The second-order valence-electron chi connectivity index (χ2n) is 6.54. The van der Waals surface area contributed by atoms with Gasteiger partial charge in [0.15, 0.2) is 23.3 Å². The summed E-state index contributed by atoms with van der Waals surface area (Å²) in [6, 6.07) is 13.5. The van der Waals surface area contributed by atoms with Gasteiger partial charge in [-0.1, -0.05) is 42.1 Å². The van der Waals surface area contributed by atoms with Crippen LogP contribution in [0.15, 0.2) is 57.1 Å². The van der Waals surface area contributed by atoms with Gasteiger partial charge in [-0.25, -0.2) is 4.79 Å². The van der Waals surface area contributed by atoms with E-state index in [0.717, 1.165) is 16.9 Å². The fourth-order valence-electron chi connectivity index (χ4n) is 2.37.